The molecule has 2 aliphatic rings. The van der Waals surface area contributed by atoms with Crippen molar-refractivity contribution in [1.29, 1.82) is 0 Å². The zero-order valence-electron chi connectivity index (χ0n) is 19.4. The number of halogens is 1. The summed E-state index contributed by atoms with van der Waals surface area (Å²) in [6.07, 6.45) is 0.324. The molecule has 0 spiro atoms. The first-order valence-electron chi connectivity index (χ1n) is 11.1. The molecule has 4 unspecified atom stereocenters. The highest BCUT2D eigenvalue weighted by Crippen LogP contribution is 2.31. The topological polar surface area (TPSA) is 120 Å². The summed E-state index contributed by atoms with van der Waals surface area (Å²) in [4.78, 5) is 37.5. The monoisotopic (exact) mass is 587 g/mol. The Morgan fingerprint density at radius 2 is 1.91 bits per heavy atom. The van der Waals surface area contributed by atoms with Gasteiger partial charge < -0.3 is 29.4 Å². The lowest BCUT2D eigenvalue weighted by atomic mass is 9.91. The van der Waals surface area contributed by atoms with Gasteiger partial charge in [-0.15, -0.1) is 0 Å². The molecule has 1 fully saturated rings. The molecule has 1 amide bonds. The molecule has 0 radical (unpaired) electrons. The number of esters is 2. The van der Waals surface area contributed by atoms with Gasteiger partial charge in [0.05, 0.1) is 18.2 Å². The highest BCUT2D eigenvalue weighted by atomic mass is 127. The number of nitrogens with one attached hydrogen (secondary N) is 1. The Kier molecular flexibility index (Phi) is 9.07. The zero-order valence-corrected chi connectivity index (χ0v) is 21.6. The number of aliphatic hydroxyl groups is 1. The van der Waals surface area contributed by atoms with E-state index in [1.165, 1.54) is 0 Å². The first-order chi connectivity index (χ1) is 16.1. The van der Waals surface area contributed by atoms with E-state index >= 15 is 0 Å². The summed E-state index contributed by atoms with van der Waals surface area (Å²) in [7, 11) is 0. The third-order valence-electron chi connectivity index (χ3n) is 5.30. The van der Waals surface area contributed by atoms with Crippen molar-refractivity contribution in [1.82, 2.24) is 5.32 Å². The Hall–Kier alpha value is -2.02. The van der Waals surface area contributed by atoms with Gasteiger partial charge in [-0.2, -0.15) is 0 Å². The number of ether oxygens (including phenoxy) is 4. The molecule has 1 aromatic carbocycles. The predicted molar refractivity (Wildman–Crippen MR) is 130 cm³/mol. The van der Waals surface area contributed by atoms with Crippen molar-refractivity contribution in [2.45, 2.75) is 70.0 Å². The summed E-state index contributed by atoms with van der Waals surface area (Å²) >= 11 is 2.15. The largest absolute Gasteiger partial charge is 0.460 e. The molecule has 10 heteroatoms. The van der Waals surface area contributed by atoms with Crippen LogP contribution in [0, 0.1) is 3.57 Å². The van der Waals surface area contributed by atoms with E-state index in [-0.39, 0.29) is 32.7 Å². The summed E-state index contributed by atoms with van der Waals surface area (Å²) < 4.78 is 23.1. The van der Waals surface area contributed by atoms with Gasteiger partial charge in [0.25, 0.3) is 0 Å². The second-order valence-corrected chi connectivity index (χ2v) is 10.5. The van der Waals surface area contributed by atoms with Crippen LogP contribution in [0.1, 0.15) is 50.4 Å². The number of carbonyl (C=O) groups is 3. The van der Waals surface area contributed by atoms with Crippen molar-refractivity contribution >= 4 is 40.4 Å². The number of carbonyl (C=O) groups excluding carboxylic acids is 3. The molecule has 3 rings (SSSR count). The molecule has 1 saturated heterocycles. The summed E-state index contributed by atoms with van der Waals surface area (Å²) in [5, 5.41) is 12.4. The minimum atomic E-state index is -0.709. The summed E-state index contributed by atoms with van der Waals surface area (Å²) in [6.45, 7) is 5.02. The lowest BCUT2D eigenvalue weighted by molar-refractivity contribution is -0.155. The summed E-state index contributed by atoms with van der Waals surface area (Å²) in [6, 6.07) is 6.33. The predicted octanol–water partition coefficient (Wildman–Crippen LogP) is 2.49. The van der Waals surface area contributed by atoms with Gasteiger partial charge in [0, 0.05) is 22.0 Å². The van der Waals surface area contributed by atoms with Crippen LogP contribution in [0.5, 0.6) is 0 Å². The fraction of sp³-hybridized carbons (Fsp3) is 0.542. The van der Waals surface area contributed by atoms with Crippen LogP contribution in [-0.4, -0.2) is 66.3 Å². The maximum atomic E-state index is 12.9. The van der Waals surface area contributed by atoms with Crippen LogP contribution >= 0.6 is 22.6 Å². The second kappa shape index (κ2) is 11.6. The maximum absolute atomic E-state index is 12.9. The quantitative estimate of drug-likeness (QED) is 0.352. The van der Waals surface area contributed by atoms with E-state index < -0.39 is 47.8 Å². The molecule has 186 valence electrons. The van der Waals surface area contributed by atoms with Crippen LogP contribution in [-0.2, 0) is 28.5 Å². The van der Waals surface area contributed by atoms with Crippen molar-refractivity contribution in [3.8, 4) is 0 Å². The fourth-order valence-electron chi connectivity index (χ4n) is 3.69. The van der Waals surface area contributed by atoms with Gasteiger partial charge in [0.15, 0.2) is 0 Å². The van der Waals surface area contributed by atoms with Gasteiger partial charge in [-0.1, -0.05) is 0 Å². The van der Waals surface area contributed by atoms with E-state index in [2.05, 4.69) is 27.9 Å². The van der Waals surface area contributed by atoms with E-state index in [0.717, 1.165) is 3.57 Å². The Morgan fingerprint density at radius 1 is 1.21 bits per heavy atom. The Labute approximate surface area is 212 Å². The third-order valence-corrected chi connectivity index (χ3v) is 6.02. The zero-order chi connectivity index (χ0) is 24.9. The number of aliphatic hydroxyl groups excluding tert-OH is 1. The minimum Gasteiger partial charge on any atom is -0.460 e. The van der Waals surface area contributed by atoms with Crippen molar-refractivity contribution in [2.24, 2.45) is 0 Å². The Bertz CT molecular complexity index is 924. The number of hydrogen-bond acceptors (Lipinski definition) is 8. The van der Waals surface area contributed by atoms with Crippen LogP contribution in [0.4, 0.5) is 0 Å². The van der Waals surface area contributed by atoms with Gasteiger partial charge in [-0.05, 0) is 80.1 Å². The molecule has 4 atom stereocenters. The van der Waals surface area contributed by atoms with E-state index in [4.69, 9.17) is 18.9 Å². The Morgan fingerprint density at radius 3 is 2.56 bits per heavy atom. The van der Waals surface area contributed by atoms with Crippen molar-refractivity contribution in [3.63, 3.8) is 0 Å². The lowest BCUT2D eigenvalue weighted by Crippen LogP contribution is -2.45. The molecule has 9 nitrogen and oxygen atoms in total. The molecule has 0 aromatic heterocycles. The van der Waals surface area contributed by atoms with Crippen LogP contribution in [0.3, 0.4) is 0 Å². The Balaban J connectivity index is 1.61. The van der Waals surface area contributed by atoms with Crippen molar-refractivity contribution < 1.29 is 38.4 Å². The van der Waals surface area contributed by atoms with E-state index in [9.17, 15) is 19.5 Å². The minimum absolute atomic E-state index is 0.0352. The van der Waals surface area contributed by atoms with Crippen molar-refractivity contribution in [3.05, 3.63) is 45.0 Å². The lowest BCUT2D eigenvalue weighted by Gasteiger charge is -2.30. The summed E-state index contributed by atoms with van der Waals surface area (Å²) in [5.41, 5.74) is 0.161. The molecule has 2 N–H and O–H groups in total. The van der Waals surface area contributed by atoms with Crippen LogP contribution in [0.25, 0.3) is 0 Å². The highest BCUT2D eigenvalue weighted by molar-refractivity contribution is 14.1. The van der Waals surface area contributed by atoms with Gasteiger partial charge in [0.1, 0.15) is 30.7 Å². The molecule has 34 heavy (non-hydrogen) atoms. The molecule has 1 aliphatic carbocycles. The summed E-state index contributed by atoms with van der Waals surface area (Å²) in [5.74, 6) is -1.34. The third kappa shape index (κ3) is 7.49. The number of rotatable bonds is 8. The van der Waals surface area contributed by atoms with Gasteiger partial charge in [0.2, 0.25) is 5.91 Å². The number of fused-ring (bicyclic) bond motifs is 1. The van der Waals surface area contributed by atoms with Crippen LogP contribution in [0.15, 0.2) is 35.9 Å². The van der Waals surface area contributed by atoms with E-state index in [1.54, 1.807) is 51.1 Å². The normalized spacial score (nSPS) is 22.9. The molecule has 1 aromatic rings. The van der Waals surface area contributed by atoms with Crippen LogP contribution < -0.4 is 5.32 Å². The molecule has 0 saturated carbocycles. The van der Waals surface area contributed by atoms with E-state index in [0.29, 0.717) is 11.1 Å². The molecular weight excluding hydrogens is 557 g/mol. The first-order valence-corrected chi connectivity index (χ1v) is 12.2. The maximum Gasteiger partial charge on any atom is 0.338 e. The number of hydrogen-bond donors (Lipinski definition) is 2. The van der Waals surface area contributed by atoms with Gasteiger partial charge >= 0.3 is 11.9 Å². The average molecular weight is 587 g/mol. The standard InChI is InChI=1S/C24H30INO8/c1-24(2,3)34-20(28)9-8-17(12-27)26-22(29)15-10-18-21(32-13-31-18)19(11-15)33-23(30)14-4-6-16(25)7-5-14/h4-7,10,17-19,21,27H,8-9,11-13H2,1-3H3,(H,26,29). The number of benzene rings is 1. The molecular formula is C24H30INO8. The van der Waals surface area contributed by atoms with Crippen molar-refractivity contribution in [2.75, 3.05) is 13.4 Å². The molecule has 1 aliphatic heterocycles. The smallest absolute Gasteiger partial charge is 0.338 e. The van der Waals surface area contributed by atoms with Gasteiger partial charge in [-0.3, -0.25) is 9.59 Å². The average Bonchev–Trinajstić information content (AvgIpc) is 3.24. The SMILES string of the molecule is CC(C)(C)OC(=O)CCC(CO)NC(=O)C1=CC2OCOC2C(OC(=O)c2ccc(I)cc2)C1. The number of amides is 1. The highest BCUT2D eigenvalue weighted by Gasteiger charge is 2.42. The first kappa shape index (κ1) is 26.6. The fourth-order valence-corrected chi connectivity index (χ4v) is 4.05. The molecule has 1 heterocycles. The van der Waals surface area contributed by atoms with Gasteiger partial charge in [-0.25, -0.2) is 4.79 Å². The molecule has 0 bridgehead atoms. The van der Waals surface area contributed by atoms with Crippen LogP contribution in [0.2, 0.25) is 0 Å². The van der Waals surface area contributed by atoms with E-state index in [1.807, 2.05) is 0 Å². The second-order valence-electron chi connectivity index (χ2n) is 9.21.